The summed E-state index contributed by atoms with van der Waals surface area (Å²) >= 11 is 0. The van der Waals surface area contributed by atoms with Crippen LogP contribution in [0.2, 0.25) is 0 Å². The fourth-order valence-electron chi connectivity index (χ4n) is 3.12. The van der Waals surface area contributed by atoms with Crippen LogP contribution in [0.15, 0.2) is 0 Å². The molecule has 1 saturated heterocycles. The van der Waals surface area contributed by atoms with Crippen molar-refractivity contribution in [2.24, 2.45) is 17.1 Å². The molecule has 4 heteroatoms. The predicted molar refractivity (Wildman–Crippen MR) is 63.9 cm³/mol. The number of carbonyl (C=O) groups excluding carboxylic acids is 1. The lowest BCUT2D eigenvalue weighted by atomic mass is 9.67. The van der Waals surface area contributed by atoms with E-state index in [0.717, 1.165) is 19.5 Å². The van der Waals surface area contributed by atoms with E-state index in [2.05, 4.69) is 10.6 Å². The maximum Gasteiger partial charge on any atom is 0.228 e. The Bertz CT molecular complexity index is 269. The highest BCUT2D eigenvalue weighted by atomic mass is 16.2. The first-order chi connectivity index (χ1) is 7.69. The average Bonchev–Trinajstić information content (AvgIpc) is 2.73. The fourth-order valence-corrected chi connectivity index (χ4v) is 3.12. The van der Waals surface area contributed by atoms with Crippen LogP contribution >= 0.6 is 0 Å². The summed E-state index contributed by atoms with van der Waals surface area (Å²) in [5.41, 5.74) is 5.42. The number of nitrogens with two attached hydrogens (primary N) is 1. The lowest BCUT2D eigenvalue weighted by molar-refractivity contribution is -0.134. The first-order valence-electron chi connectivity index (χ1n) is 6.41. The number of hydrogen-bond acceptors (Lipinski definition) is 3. The minimum absolute atomic E-state index is 0.0880. The molecule has 3 atom stereocenters. The van der Waals surface area contributed by atoms with Gasteiger partial charge in [0.15, 0.2) is 0 Å². The minimum atomic E-state index is -0.137. The topological polar surface area (TPSA) is 67.1 Å². The van der Waals surface area contributed by atoms with Crippen molar-refractivity contribution in [2.45, 2.75) is 38.6 Å². The van der Waals surface area contributed by atoms with Crippen LogP contribution in [-0.4, -0.2) is 31.6 Å². The van der Waals surface area contributed by atoms with Gasteiger partial charge in [0.05, 0.1) is 5.41 Å². The molecule has 1 saturated carbocycles. The number of nitrogens with one attached hydrogen (secondary N) is 2. The van der Waals surface area contributed by atoms with Crippen LogP contribution in [0.3, 0.4) is 0 Å². The summed E-state index contributed by atoms with van der Waals surface area (Å²) in [6.45, 7) is 4.33. The standard InChI is InChI=1S/C12H23N3O/c1-9(6-13)15-11(16)12-5-3-2-4-10(12)7-14-8-12/h9-10,14H,2-8,13H2,1H3,(H,15,16)/t9-,10+,12-/m1/s1. The molecule has 1 aliphatic heterocycles. The molecular weight excluding hydrogens is 202 g/mol. The molecule has 0 aromatic carbocycles. The fraction of sp³-hybridized carbons (Fsp3) is 0.917. The van der Waals surface area contributed by atoms with E-state index in [1.54, 1.807) is 0 Å². The van der Waals surface area contributed by atoms with Crippen molar-refractivity contribution in [3.05, 3.63) is 0 Å². The van der Waals surface area contributed by atoms with Crippen LogP contribution in [0.25, 0.3) is 0 Å². The number of rotatable bonds is 3. The zero-order valence-corrected chi connectivity index (χ0v) is 10.1. The third-order valence-electron chi connectivity index (χ3n) is 4.22. The van der Waals surface area contributed by atoms with Crippen molar-refractivity contribution in [3.8, 4) is 0 Å². The Kier molecular flexibility index (Phi) is 3.50. The molecule has 0 unspecified atom stereocenters. The van der Waals surface area contributed by atoms with Gasteiger partial charge in [-0.2, -0.15) is 0 Å². The van der Waals surface area contributed by atoms with Crippen molar-refractivity contribution in [1.82, 2.24) is 10.6 Å². The molecule has 2 aliphatic rings. The van der Waals surface area contributed by atoms with Crippen molar-refractivity contribution in [3.63, 3.8) is 0 Å². The van der Waals surface area contributed by atoms with Crippen molar-refractivity contribution in [1.29, 1.82) is 0 Å². The summed E-state index contributed by atoms with van der Waals surface area (Å²) in [6, 6.07) is 0.0880. The molecule has 16 heavy (non-hydrogen) atoms. The predicted octanol–water partition coefficient (Wildman–Crippen LogP) is 0.230. The molecule has 1 heterocycles. The molecule has 0 radical (unpaired) electrons. The van der Waals surface area contributed by atoms with Crippen molar-refractivity contribution < 1.29 is 4.79 Å². The molecule has 0 spiro atoms. The Balaban J connectivity index is 2.06. The molecule has 2 fully saturated rings. The van der Waals surface area contributed by atoms with Crippen LogP contribution in [0, 0.1) is 11.3 Å². The normalized spacial score (nSPS) is 35.5. The van der Waals surface area contributed by atoms with E-state index in [4.69, 9.17) is 5.73 Å². The summed E-state index contributed by atoms with van der Waals surface area (Å²) in [4.78, 5) is 12.4. The van der Waals surface area contributed by atoms with Gasteiger partial charge in [-0.1, -0.05) is 12.8 Å². The van der Waals surface area contributed by atoms with Crippen molar-refractivity contribution >= 4 is 5.91 Å². The first kappa shape index (κ1) is 11.9. The third-order valence-corrected chi connectivity index (χ3v) is 4.22. The van der Waals surface area contributed by atoms with Gasteiger partial charge in [-0.05, 0) is 32.2 Å². The Morgan fingerprint density at radius 2 is 2.44 bits per heavy atom. The number of carbonyl (C=O) groups is 1. The van der Waals surface area contributed by atoms with Gasteiger partial charge in [0.2, 0.25) is 5.91 Å². The van der Waals surface area contributed by atoms with E-state index in [0.29, 0.717) is 12.5 Å². The van der Waals surface area contributed by atoms with E-state index in [1.165, 1.54) is 19.3 Å². The smallest absolute Gasteiger partial charge is 0.228 e. The Hall–Kier alpha value is -0.610. The number of fused-ring (bicyclic) bond motifs is 1. The Morgan fingerprint density at radius 1 is 1.62 bits per heavy atom. The summed E-state index contributed by atoms with van der Waals surface area (Å²) < 4.78 is 0. The van der Waals surface area contributed by atoms with Gasteiger partial charge in [0.25, 0.3) is 0 Å². The van der Waals surface area contributed by atoms with E-state index in [1.807, 2.05) is 6.92 Å². The van der Waals surface area contributed by atoms with Gasteiger partial charge >= 0.3 is 0 Å². The summed E-state index contributed by atoms with van der Waals surface area (Å²) in [6.07, 6.45) is 4.68. The molecule has 1 aliphatic carbocycles. The maximum atomic E-state index is 12.4. The molecule has 2 rings (SSSR count). The minimum Gasteiger partial charge on any atom is -0.352 e. The van der Waals surface area contributed by atoms with Crippen LogP contribution in [0.4, 0.5) is 0 Å². The van der Waals surface area contributed by atoms with Gasteiger partial charge in [-0.25, -0.2) is 0 Å². The van der Waals surface area contributed by atoms with Crippen LogP contribution in [-0.2, 0) is 4.79 Å². The van der Waals surface area contributed by atoms with Crippen LogP contribution in [0.5, 0.6) is 0 Å². The molecule has 0 aromatic heterocycles. The molecule has 4 N–H and O–H groups in total. The monoisotopic (exact) mass is 225 g/mol. The van der Waals surface area contributed by atoms with E-state index >= 15 is 0 Å². The van der Waals surface area contributed by atoms with E-state index in [9.17, 15) is 4.79 Å². The molecule has 1 amide bonds. The molecule has 0 bridgehead atoms. The zero-order chi connectivity index (χ0) is 11.6. The van der Waals surface area contributed by atoms with Gasteiger partial charge in [-0.15, -0.1) is 0 Å². The molecular formula is C12H23N3O. The highest BCUT2D eigenvalue weighted by Crippen LogP contribution is 2.43. The van der Waals surface area contributed by atoms with E-state index in [-0.39, 0.29) is 17.4 Å². The Labute approximate surface area is 97.3 Å². The molecule has 92 valence electrons. The average molecular weight is 225 g/mol. The van der Waals surface area contributed by atoms with Gasteiger partial charge in [0, 0.05) is 19.1 Å². The van der Waals surface area contributed by atoms with E-state index < -0.39 is 0 Å². The third kappa shape index (κ3) is 1.96. The molecule has 0 aromatic rings. The van der Waals surface area contributed by atoms with Gasteiger partial charge < -0.3 is 16.4 Å². The zero-order valence-electron chi connectivity index (χ0n) is 10.1. The summed E-state index contributed by atoms with van der Waals surface area (Å²) in [5, 5.41) is 6.44. The summed E-state index contributed by atoms with van der Waals surface area (Å²) in [5.74, 6) is 0.756. The second-order valence-electron chi connectivity index (χ2n) is 5.34. The lowest BCUT2D eigenvalue weighted by Crippen LogP contribution is -2.51. The first-order valence-corrected chi connectivity index (χ1v) is 6.41. The second kappa shape index (κ2) is 4.72. The highest BCUT2D eigenvalue weighted by Gasteiger charge is 2.49. The lowest BCUT2D eigenvalue weighted by Gasteiger charge is -2.37. The Morgan fingerprint density at radius 3 is 3.19 bits per heavy atom. The quantitative estimate of drug-likeness (QED) is 0.644. The molecule has 4 nitrogen and oxygen atoms in total. The van der Waals surface area contributed by atoms with Gasteiger partial charge in [-0.3, -0.25) is 4.79 Å². The van der Waals surface area contributed by atoms with Crippen LogP contribution < -0.4 is 16.4 Å². The van der Waals surface area contributed by atoms with Gasteiger partial charge in [0.1, 0.15) is 0 Å². The summed E-state index contributed by atoms with van der Waals surface area (Å²) in [7, 11) is 0. The number of amides is 1. The highest BCUT2D eigenvalue weighted by molar-refractivity contribution is 5.84. The van der Waals surface area contributed by atoms with Crippen LogP contribution in [0.1, 0.15) is 32.6 Å². The maximum absolute atomic E-state index is 12.4. The van der Waals surface area contributed by atoms with Crippen molar-refractivity contribution in [2.75, 3.05) is 19.6 Å². The SMILES string of the molecule is C[C@H](CN)NC(=O)[C@@]12CCCC[C@H]1CNC2. The largest absolute Gasteiger partial charge is 0.352 e. The number of hydrogen-bond donors (Lipinski definition) is 3. The second-order valence-corrected chi connectivity index (χ2v) is 5.34.